The van der Waals surface area contributed by atoms with Crippen LogP contribution in [0.1, 0.15) is 42.6 Å². The van der Waals surface area contributed by atoms with Gasteiger partial charge in [0.15, 0.2) is 11.9 Å². The zero-order chi connectivity index (χ0) is 21.2. The number of ketones is 1. The van der Waals surface area contributed by atoms with Gasteiger partial charge in [-0.05, 0) is 68.8 Å². The van der Waals surface area contributed by atoms with E-state index in [0.717, 1.165) is 0 Å². The van der Waals surface area contributed by atoms with Gasteiger partial charge < -0.3 is 14.8 Å². The number of rotatable bonds is 9. The molecule has 0 aromatic heterocycles. The van der Waals surface area contributed by atoms with E-state index in [-0.39, 0.29) is 12.2 Å². The molecule has 1 atom stereocenters. The summed E-state index contributed by atoms with van der Waals surface area (Å²) in [7, 11) is 0. The smallest absolute Gasteiger partial charge is 0.306 e. The van der Waals surface area contributed by atoms with Crippen molar-refractivity contribution in [3.8, 4) is 11.8 Å². The molecule has 2 aromatic rings. The van der Waals surface area contributed by atoms with Crippen molar-refractivity contribution in [2.45, 2.75) is 32.8 Å². The molecule has 0 aliphatic heterocycles. The number of nitriles is 1. The predicted molar refractivity (Wildman–Crippen MR) is 107 cm³/mol. The molecule has 1 N–H and O–H groups in total. The van der Waals surface area contributed by atoms with Gasteiger partial charge in [0.1, 0.15) is 5.75 Å². The number of hydrogen-bond donors (Lipinski definition) is 1. The van der Waals surface area contributed by atoms with Crippen molar-refractivity contribution in [2.75, 3.05) is 11.9 Å². The first-order chi connectivity index (χ1) is 13.9. The van der Waals surface area contributed by atoms with Crippen LogP contribution in [0.2, 0.25) is 0 Å². The molecule has 0 spiro atoms. The molecule has 0 aliphatic carbocycles. The van der Waals surface area contributed by atoms with E-state index in [1.54, 1.807) is 48.5 Å². The standard InChI is InChI=1S/C22H22N2O5/c1-15(25)18-7-11-20(12-8-18)28-13-3-4-21(26)29-16(2)22(27)24-19-9-5-17(14-23)6-10-19/h5-12,16H,3-4,13H2,1-2H3,(H,24,27)/t16-/m0/s1. The van der Waals surface area contributed by atoms with E-state index in [1.807, 2.05) is 6.07 Å². The van der Waals surface area contributed by atoms with Crippen molar-refractivity contribution in [2.24, 2.45) is 0 Å². The Labute approximate surface area is 169 Å². The molecule has 1 amide bonds. The molecule has 7 nitrogen and oxygen atoms in total. The van der Waals surface area contributed by atoms with Crippen molar-refractivity contribution in [1.82, 2.24) is 0 Å². The average molecular weight is 394 g/mol. The first-order valence-electron chi connectivity index (χ1n) is 9.13. The fourth-order valence-corrected chi connectivity index (χ4v) is 2.37. The first kappa shape index (κ1) is 21.6. The first-order valence-corrected chi connectivity index (χ1v) is 9.13. The van der Waals surface area contributed by atoms with Gasteiger partial charge in [0, 0.05) is 17.7 Å². The van der Waals surface area contributed by atoms with Crippen LogP contribution in [0.5, 0.6) is 5.75 Å². The summed E-state index contributed by atoms with van der Waals surface area (Å²) >= 11 is 0. The number of nitrogens with zero attached hydrogens (tertiary/aromatic N) is 1. The molecule has 29 heavy (non-hydrogen) atoms. The van der Waals surface area contributed by atoms with Crippen LogP contribution in [-0.2, 0) is 14.3 Å². The second kappa shape index (κ2) is 10.6. The van der Waals surface area contributed by atoms with Crippen LogP contribution in [0.4, 0.5) is 5.69 Å². The van der Waals surface area contributed by atoms with Gasteiger partial charge >= 0.3 is 5.97 Å². The summed E-state index contributed by atoms with van der Waals surface area (Å²) in [4.78, 5) is 35.2. The fourth-order valence-electron chi connectivity index (χ4n) is 2.37. The molecule has 7 heteroatoms. The molecular formula is C22H22N2O5. The van der Waals surface area contributed by atoms with Crippen LogP contribution < -0.4 is 10.1 Å². The normalized spacial score (nSPS) is 11.1. The lowest BCUT2D eigenvalue weighted by atomic mass is 10.1. The van der Waals surface area contributed by atoms with Crippen molar-refractivity contribution in [3.63, 3.8) is 0 Å². The lowest BCUT2D eigenvalue weighted by Crippen LogP contribution is -2.30. The summed E-state index contributed by atoms with van der Waals surface area (Å²) in [6.07, 6.45) is -0.407. The molecule has 0 saturated carbocycles. The highest BCUT2D eigenvalue weighted by Gasteiger charge is 2.17. The molecule has 150 valence electrons. The molecule has 0 fully saturated rings. The topological polar surface area (TPSA) is 105 Å². The summed E-state index contributed by atoms with van der Waals surface area (Å²) in [5.41, 5.74) is 1.61. The highest BCUT2D eigenvalue weighted by Crippen LogP contribution is 2.13. The Balaban J connectivity index is 1.68. The van der Waals surface area contributed by atoms with Crippen molar-refractivity contribution in [1.29, 1.82) is 5.26 Å². The van der Waals surface area contributed by atoms with E-state index in [9.17, 15) is 14.4 Å². The Hall–Kier alpha value is -3.66. The number of carbonyl (C=O) groups is 3. The predicted octanol–water partition coefficient (Wildman–Crippen LogP) is 3.49. The van der Waals surface area contributed by atoms with Crippen LogP contribution in [0.25, 0.3) is 0 Å². The quantitative estimate of drug-likeness (QED) is 0.396. The van der Waals surface area contributed by atoms with E-state index >= 15 is 0 Å². The minimum absolute atomic E-state index is 0.0170. The molecule has 0 unspecified atom stereocenters. The fraction of sp³-hybridized carbons (Fsp3) is 0.273. The van der Waals surface area contributed by atoms with Gasteiger partial charge in [-0.3, -0.25) is 14.4 Å². The molecule has 0 aliphatic rings. The highest BCUT2D eigenvalue weighted by atomic mass is 16.5. The van der Waals surface area contributed by atoms with E-state index in [0.29, 0.717) is 35.6 Å². The number of ether oxygens (including phenoxy) is 2. The minimum atomic E-state index is -0.946. The number of Topliss-reactive ketones (excluding diaryl/α,β-unsaturated/α-hetero) is 1. The third kappa shape index (κ3) is 7.11. The summed E-state index contributed by atoms with van der Waals surface area (Å²) in [6.45, 7) is 3.29. The number of carbonyl (C=O) groups excluding carboxylic acids is 3. The van der Waals surface area contributed by atoms with Gasteiger partial charge in [-0.2, -0.15) is 5.26 Å². The van der Waals surface area contributed by atoms with Crippen LogP contribution in [0.3, 0.4) is 0 Å². The zero-order valence-electron chi connectivity index (χ0n) is 16.3. The zero-order valence-corrected chi connectivity index (χ0v) is 16.3. The maximum Gasteiger partial charge on any atom is 0.306 e. The van der Waals surface area contributed by atoms with E-state index < -0.39 is 18.0 Å². The van der Waals surface area contributed by atoms with E-state index in [2.05, 4.69) is 5.32 Å². The van der Waals surface area contributed by atoms with E-state index in [4.69, 9.17) is 14.7 Å². The maximum absolute atomic E-state index is 12.1. The third-order valence-corrected chi connectivity index (χ3v) is 4.01. The molecule has 0 saturated heterocycles. The number of hydrogen-bond acceptors (Lipinski definition) is 6. The van der Waals surface area contributed by atoms with Crippen molar-refractivity contribution < 1.29 is 23.9 Å². The van der Waals surface area contributed by atoms with Gasteiger partial charge in [-0.1, -0.05) is 0 Å². The monoisotopic (exact) mass is 394 g/mol. The number of nitrogens with one attached hydrogen (secondary N) is 1. The van der Waals surface area contributed by atoms with Crippen LogP contribution >= 0.6 is 0 Å². The highest BCUT2D eigenvalue weighted by molar-refractivity contribution is 5.95. The molecule has 2 rings (SSSR count). The Bertz CT molecular complexity index is 898. The second-order valence-corrected chi connectivity index (χ2v) is 6.34. The van der Waals surface area contributed by atoms with Crippen molar-refractivity contribution >= 4 is 23.3 Å². The van der Waals surface area contributed by atoms with Crippen LogP contribution in [-0.4, -0.2) is 30.4 Å². The Morgan fingerprint density at radius 1 is 1.07 bits per heavy atom. The summed E-state index contributed by atoms with van der Waals surface area (Å²) in [5, 5.41) is 11.4. The number of esters is 1. The maximum atomic E-state index is 12.1. The SMILES string of the molecule is CC(=O)c1ccc(OCCCC(=O)O[C@@H](C)C(=O)Nc2ccc(C#N)cc2)cc1. The lowest BCUT2D eigenvalue weighted by molar-refractivity contribution is -0.153. The Morgan fingerprint density at radius 2 is 1.72 bits per heavy atom. The van der Waals surface area contributed by atoms with Crippen molar-refractivity contribution in [3.05, 3.63) is 59.7 Å². The van der Waals surface area contributed by atoms with Crippen LogP contribution in [0, 0.1) is 11.3 Å². The van der Waals surface area contributed by atoms with E-state index in [1.165, 1.54) is 13.8 Å². The van der Waals surface area contributed by atoms with Gasteiger partial charge in [-0.15, -0.1) is 0 Å². The Morgan fingerprint density at radius 3 is 2.31 bits per heavy atom. The van der Waals surface area contributed by atoms with Gasteiger partial charge in [-0.25, -0.2) is 0 Å². The summed E-state index contributed by atoms with van der Waals surface area (Å²) < 4.78 is 10.6. The third-order valence-electron chi connectivity index (χ3n) is 4.01. The summed E-state index contributed by atoms with van der Waals surface area (Å²) in [5.74, 6) is -0.358. The number of amides is 1. The number of anilines is 1. The largest absolute Gasteiger partial charge is 0.494 e. The average Bonchev–Trinajstić information content (AvgIpc) is 2.72. The minimum Gasteiger partial charge on any atom is -0.494 e. The van der Waals surface area contributed by atoms with Gasteiger partial charge in [0.25, 0.3) is 5.91 Å². The molecular weight excluding hydrogens is 372 g/mol. The molecule has 0 bridgehead atoms. The molecule has 0 heterocycles. The molecule has 2 aromatic carbocycles. The second-order valence-electron chi connectivity index (χ2n) is 6.34. The van der Waals surface area contributed by atoms with Gasteiger partial charge in [0.2, 0.25) is 0 Å². The Kier molecular flexibility index (Phi) is 7.92. The number of benzene rings is 2. The molecule has 0 radical (unpaired) electrons. The lowest BCUT2D eigenvalue weighted by Gasteiger charge is -2.13. The summed E-state index contributed by atoms with van der Waals surface area (Å²) in [6, 6.07) is 15.1. The van der Waals surface area contributed by atoms with Crippen LogP contribution in [0.15, 0.2) is 48.5 Å². The van der Waals surface area contributed by atoms with Gasteiger partial charge in [0.05, 0.1) is 18.2 Å².